The van der Waals surface area contributed by atoms with Crippen molar-refractivity contribution in [3.05, 3.63) is 41.5 Å². The second-order valence-corrected chi connectivity index (χ2v) is 6.41. The molecule has 2 saturated carbocycles. The number of carbonyl (C=O) groups is 1. The molecule has 2 aliphatic carbocycles. The molecule has 3 rings (SSSR count). The predicted molar refractivity (Wildman–Crippen MR) is 94.3 cm³/mol. The average Bonchev–Trinajstić information content (AvgIpc) is 3.27. The lowest BCUT2D eigenvalue weighted by molar-refractivity contribution is -0.120. The molecular weight excluding hydrogens is 294 g/mol. The van der Waals surface area contributed by atoms with E-state index >= 15 is 0 Å². The first-order valence-corrected chi connectivity index (χ1v) is 8.29. The SMILES string of the molecule is CC/C(=C\c1ccccc1)C1CC1NC1CCC(=O)CC1.Cl. The summed E-state index contributed by atoms with van der Waals surface area (Å²) in [4.78, 5) is 11.3. The van der Waals surface area contributed by atoms with Crippen LogP contribution in [0.2, 0.25) is 0 Å². The fraction of sp³-hybridized carbons (Fsp3) is 0.526. The minimum atomic E-state index is 0. The minimum absolute atomic E-state index is 0. The molecule has 0 heterocycles. The Labute approximate surface area is 139 Å². The molecule has 2 atom stereocenters. The highest BCUT2D eigenvalue weighted by Gasteiger charge is 2.40. The third-order valence-corrected chi connectivity index (χ3v) is 4.82. The van der Waals surface area contributed by atoms with Gasteiger partial charge < -0.3 is 5.32 Å². The molecule has 1 N–H and O–H groups in total. The largest absolute Gasteiger partial charge is 0.311 e. The van der Waals surface area contributed by atoms with Crippen molar-refractivity contribution in [1.82, 2.24) is 5.32 Å². The fourth-order valence-corrected chi connectivity index (χ4v) is 3.43. The molecular formula is C19H26ClNO. The average molecular weight is 320 g/mol. The van der Waals surface area contributed by atoms with E-state index in [1.165, 1.54) is 12.0 Å². The smallest absolute Gasteiger partial charge is 0.133 e. The molecule has 0 radical (unpaired) electrons. The Bertz CT molecular complexity index is 515. The molecule has 1 aromatic rings. The van der Waals surface area contributed by atoms with Gasteiger partial charge in [0, 0.05) is 24.9 Å². The van der Waals surface area contributed by atoms with E-state index in [1.807, 2.05) is 0 Å². The van der Waals surface area contributed by atoms with Gasteiger partial charge in [-0.05, 0) is 37.2 Å². The van der Waals surface area contributed by atoms with E-state index in [0.717, 1.165) is 32.1 Å². The third-order valence-electron chi connectivity index (χ3n) is 4.82. The van der Waals surface area contributed by atoms with Crippen LogP contribution in [0.15, 0.2) is 35.9 Å². The number of nitrogens with one attached hydrogen (secondary N) is 1. The first kappa shape index (κ1) is 17.2. The van der Waals surface area contributed by atoms with E-state index in [0.29, 0.717) is 23.8 Å². The van der Waals surface area contributed by atoms with E-state index in [2.05, 4.69) is 48.6 Å². The van der Waals surface area contributed by atoms with Gasteiger partial charge in [-0.3, -0.25) is 4.79 Å². The lowest BCUT2D eigenvalue weighted by Gasteiger charge is -2.22. The summed E-state index contributed by atoms with van der Waals surface area (Å²) in [5.74, 6) is 1.14. The van der Waals surface area contributed by atoms with Crippen molar-refractivity contribution in [2.75, 3.05) is 0 Å². The molecule has 0 bridgehead atoms. The van der Waals surface area contributed by atoms with Crippen molar-refractivity contribution in [2.24, 2.45) is 5.92 Å². The molecule has 2 unspecified atom stereocenters. The van der Waals surface area contributed by atoms with E-state index in [9.17, 15) is 4.79 Å². The number of rotatable bonds is 5. The summed E-state index contributed by atoms with van der Waals surface area (Å²) in [6, 6.07) is 11.8. The van der Waals surface area contributed by atoms with Crippen LogP contribution in [-0.4, -0.2) is 17.9 Å². The number of Topliss-reactive ketones (excluding diaryl/α,β-unsaturated/α-hetero) is 1. The quantitative estimate of drug-likeness (QED) is 0.872. The van der Waals surface area contributed by atoms with Gasteiger partial charge in [0.05, 0.1) is 0 Å². The van der Waals surface area contributed by atoms with Crippen LogP contribution in [0.3, 0.4) is 0 Å². The van der Waals surface area contributed by atoms with Crippen molar-refractivity contribution in [1.29, 1.82) is 0 Å². The summed E-state index contributed by atoms with van der Waals surface area (Å²) in [6.45, 7) is 2.25. The van der Waals surface area contributed by atoms with Crippen LogP contribution in [0.25, 0.3) is 6.08 Å². The molecule has 0 saturated heterocycles. The summed E-state index contributed by atoms with van der Waals surface area (Å²) < 4.78 is 0. The summed E-state index contributed by atoms with van der Waals surface area (Å²) in [7, 11) is 0. The van der Waals surface area contributed by atoms with Crippen molar-refractivity contribution in [2.45, 2.75) is 57.5 Å². The maximum atomic E-state index is 11.3. The first-order chi connectivity index (χ1) is 10.3. The van der Waals surface area contributed by atoms with Crippen molar-refractivity contribution >= 4 is 24.3 Å². The number of hydrogen-bond acceptors (Lipinski definition) is 2. The minimum Gasteiger partial charge on any atom is -0.311 e. The Hall–Kier alpha value is -1.12. The molecule has 3 heteroatoms. The van der Waals surface area contributed by atoms with Gasteiger partial charge in [-0.2, -0.15) is 0 Å². The number of carbonyl (C=O) groups excluding carboxylic acids is 1. The Morgan fingerprint density at radius 2 is 1.91 bits per heavy atom. The molecule has 2 fully saturated rings. The zero-order chi connectivity index (χ0) is 14.7. The van der Waals surface area contributed by atoms with Crippen LogP contribution in [0.1, 0.15) is 51.0 Å². The van der Waals surface area contributed by atoms with Gasteiger partial charge in [0.2, 0.25) is 0 Å². The third kappa shape index (κ3) is 4.44. The van der Waals surface area contributed by atoms with Gasteiger partial charge in [0.25, 0.3) is 0 Å². The topological polar surface area (TPSA) is 29.1 Å². The lowest BCUT2D eigenvalue weighted by Crippen LogP contribution is -2.35. The number of benzene rings is 1. The monoisotopic (exact) mass is 319 g/mol. The second-order valence-electron chi connectivity index (χ2n) is 6.41. The van der Waals surface area contributed by atoms with Crippen LogP contribution in [0.5, 0.6) is 0 Å². The van der Waals surface area contributed by atoms with Gasteiger partial charge in [0.1, 0.15) is 5.78 Å². The predicted octanol–water partition coefficient (Wildman–Crippen LogP) is 4.39. The van der Waals surface area contributed by atoms with Gasteiger partial charge in [-0.25, -0.2) is 0 Å². The molecule has 0 amide bonds. The number of hydrogen-bond donors (Lipinski definition) is 1. The summed E-state index contributed by atoms with van der Waals surface area (Å²) in [5, 5.41) is 3.77. The number of halogens is 1. The Morgan fingerprint density at radius 1 is 1.23 bits per heavy atom. The molecule has 2 aliphatic rings. The van der Waals surface area contributed by atoms with Crippen LogP contribution in [0.4, 0.5) is 0 Å². The standard InChI is InChI=1S/C19H25NO.ClH/c1-2-15(12-14-6-4-3-5-7-14)18-13-19(18)20-16-8-10-17(21)11-9-16;/h3-7,12,16,18-20H,2,8-11,13H2,1H3;1H/b15-12+;. The van der Waals surface area contributed by atoms with Crippen molar-refractivity contribution in [3.63, 3.8) is 0 Å². The maximum absolute atomic E-state index is 11.3. The number of ketones is 1. The van der Waals surface area contributed by atoms with Gasteiger partial charge in [-0.1, -0.05) is 48.9 Å². The van der Waals surface area contributed by atoms with E-state index in [4.69, 9.17) is 0 Å². The van der Waals surface area contributed by atoms with Crippen LogP contribution >= 0.6 is 12.4 Å². The van der Waals surface area contributed by atoms with Crippen LogP contribution < -0.4 is 5.32 Å². The first-order valence-electron chi connectivity index (χ1n) is 8.29. The van der Waals surface area contributed by atoms with Crippen LogP contribution in [0, 0.1) is 5.92 Å². The van der Waals surface area contributed by atoms with E-state index < -0.39 is 0 Å². The summed E-state index contributed by atoms with van der Waals surface area (Å²) >= 11 is 0. The Kier molecular flexibility index (Phi) is 6.22. The molecule has 22 heavy (non-hydrogen) atoms. The second kappa shape index (κ2) is 7.94. The van der Waals surface area contributed by atoms with E-state index in [-0.39, 0.29) is 12.4 Å². The normalized spacial score (nSPS) is 25.7. The fourth-order valence-electron chi connectivity index (χ4n) is 3.43. The molecule has 0 aromatic heterocycles. The highest BCUT2D eigenvalue weighted by Crippen LogP contribution is 2.40. The Morgan fingerprint density at radius 3 is 2.55 bits per heavy atom. The highest BCUT2D eigenvalue weighted by molar-refractivity contribution is 5.85. The van der Waals surface area contributed by atoms with Gasteiger partial charge in [0.15, 0.2) is 0 Å². The lowest BCUT2D eigenvalue weighted by atomic mass is 9.94. The highest BCUT2D eigenvalue weighted by atomic mass is 35.5. The zero-order valence-electron chi connectivity index (χ0n) is 13.3. The zero-order valence-corrected chi connectivity index (χ0v) is 14.1. The van der Waals surface area contributed by atoms with Crippen molar-refractivity contribution < 1.29 is 4.79 Å². The summed E-state index contributed by atoms with van der Waals surface area (Å²) in [6.07, 6.45) is 8.36. The molecule has 0 spiro atoms. The van der Waals surface area contributed by atoms with Gasteiger partial charge in [-0.15, -0.1) is 12.4 Å². The maximum Gasteiger partial charge on any atom is 0.133 e. The molecule has 120 valence electrons. The summed E-state index contributed by atoms with van der Waals surface area (Å²) in [5.41, 5.74) is 2.87. The van der Waals surface area contributed by atoms with Crippen LogP contribution in [-0.2, 0) is 4.79 Å². The van der Waals surface area contributed by atoms with Gasteiger partial charge >= 0.3 is 0 Å². The Balaban J connectivity index is 0.00000176. The van der Waals surface area contributed by atoms with E-state index in [1.54, 1.807) is 5.57 Å². The molecule has 0 aliphatic heterocycles. The molecule has 2 nitrogen and oxygen atoms in total. The van der Waals surface area contributed by atoms with Crippen molar-refractivity contribution in [3.8, 4) is 0 Å². The molecule has 1 aromatic carbocycles.